The minimum Gasteiger partial charge on any atom is -0.336 e. The molecule has 110 valence electrons. The molecule has 2 heterocycles. The van der Waals surface area contributed by atoms with Crippen molar-refractivity contribution in [3.05, 3.63) is 30.1 Å². The average molecular weight is 276 g/mol. The Labute approximate surface area is 121 Å². The number of carbonyl (C=O) groups is 1. The summed E-state index contributed by atoms with van der Waals surface area (Å²) in [4.78, 5) is 20.8. The van der Waals surface area contributed by atoms with E-state index in [0.29, 0.717) is 6.54 Å². The van der Waals surface area contributed by atoms with Crippen molar-refractivity contribution < 1.29 is 4.79 Å². The number of nitrogens with one attached hydrogen (secondary N) is 1. The summed E-state index contributed by atoms with van der Waals surface area (Å²) in [5, 5.41) is 3.29. The molecule has 0 bridgehead atoms. The highest BCUT2D eigenvalue weighted by molar-refractivity contribution is 5.82. The van der Waals surface area contributed by atoms with E-state index in [1.807, 2.05) is 37.3 Å². The van der Waals surface area contributed by atoms with Gasteiger partial charge in [-0.3, -0.25) is 9.78 Å². The van der Waals surface area contributed by atoms with E-state index in [2.05, 4.69) is 15.2 Å². The summed E-state index contributed by atoms with van der Waals surface area (Å²) >= 11 is 0. The van der Waals surface area contributed by atoms with Gasteiger partial charge in [-0.25, -0.2) is 0 Å². The maximum Gasteiger partial charge on any atom is 0.240 e. The molecule has 1 amide bonds. The van der Waals surface area contributed by atoms with Gasteiger partial charge in [0.2, 0.25) is 5.91 Å². The minimum absolute atomic E-state index is 0.00571. The lowest BCUT2D eigenvalue weighted by Crippen LogP contribution is -2.45. The van der Waals surface area contributed by atoms with Crippen molar-refractivity contribution >= 4 is 5.91 Å². The number of aromatic nitrogens is 1. The highest BCUT2D eigenvalue weighted by Crippen LogP contribution is 2.11. The van der Waals surface area contributed by atoms with E-state index in [0.717, 1.165) is 38.0 Å². The molecule has 1 fully saturated rings. The van der Waals surface area contributed by atoms with Gasteiger partial charge in [0, 0.05) is 32.0 Å². The van der Waals surface area contributed by atoms with Gasteiger partial charge in [0.25, 0.3) is 0 Å². The molecule has 5 heteroatoms. The largest absolute Gasteiger partial charge is 0.336 e. The predicted molar refractivity (Wildman–Crippen MR) is 79.2 cm³/mol. The fraction of sp³-hybridized carbons (Fsp3) is 0.600. The van der Waals surface area contributed by atoms with Crippen molar-refractivity contribution in [3.8, 4) is 0 Å². The van der Waals surface area contributed by atoms with Crippen LogP contribution >= 0.6 is 0 Å². The van der Waals surface area contributed by atoms with Gasteiger partial charge in [-0.15, -0.1) is 0 Å². The monoisotopic (exact) mass is 276 g/mol. The summed E-state index contributed by atoms with van der Waals surface area (Å²) in [7, 11) is 4.06. The fourth-order valence-corrected chi connectivity index (χ4v) is 2.42. The Bertz CT molecular complexity index is 415. The molecule has 1 atom stereocenters. The van der Waals surface area contributed by atoms with Crippen molar-refractivity contribution in [3.63, 3.8) is 0 Å². The third kappa shape index (κ3) is 4.28. The van der Waals surface area contributed by atoms with Crippen molar-refractivity contribution in [2.75, 3.05) is 33.7 Å². The van der Waals surface area contributed by atoms with Crippen LogP contribution in [0.5, 0.6) is 0 Å². The second-order valence-electron chi connectivity index (χ2n) is 5.57. The van der Waals surface area contributed by atoms with Gasteiger partial charge >= 0.3 is 0 Å². The molecule has 1 N–H and O–H groups in total. The molecule has 20 heavy (non-hydrogen) atoms. The molecule has 1 aliphatic rings. The van der Waals surface area contributed by atoms with E-state index in [1.165, 1.54) is 0 Å². The number of hydrogen-bond acceptors (Lipinski definition) is 4. The van der Waals surface area contributed by atoms with Crippen molar-refractivity contribution in [2.45, 2.75) is 25.4 Å². The van der Waals surface area contributed by atoms with Gasteiger partial charge in [0.15, 0.2) is 0 Å². The van der Waals surface area contributed by atoms with Crippen LogP contribution in [0.1, 0.15) is 18.4 Å². The smallest absolute Gasteiger partial charge is 0.240 e. The molecule has 0 radical (unpaired) electrons. The van der Waals surface area contributed by atoms with Crippen LogP contribution in [0, 0.1) is 0 Å². The maximum atomic E-state index is 12.6. The van der Waals surface area contributed by atoms with Gasteiger partial charge < -0.3 is 15.1 Å². The summed E-state index contributed by atoms with van der Waals surface area (Å²) in [6.45, 7) is 3.21. The zero-order chi connectivity index (χ0) is 14.4. The van der Waals surface area contributed by atoms with Crippen LogP contribution < -0.4 is 5.32 Å². The number of rotatable bonds is 6. The first-order valence-corrected chi connectivity index (χ1v) is 7.22. The normalized spacial score (nSPS) is 18.4. The maximum absolute atomic E-state index is 12.6. The van der Waals surface area contributed by atoms with Crippen LogP contribution in [0.2, 0.25) is 0 Å². The lowest BCUT2D eigenvalue weighted by atomic mass is 10.2. The van der Waals surface area contributed by atoms with Gasteiger partial charge in [-0.1, -0.05) is 6.07 Å². The molecule has 1 aliphatic heterocycles. The topological polar surface area (TPSA) is 48.5 Å². The third-order valence-electron chi connectivity index (χ3n) is 3.58. The molecule has 1 unspecified atom stereocenters. The highest BCUT2D eigenvalue weighted by Gasteiger charge is 2.26. The molecule has 1 aromatic rings. The Kier molecular flexibility index (Phi) is 5.49. The molecule has 0 spiro atoms. The summed E-state index contributed by atoms with van der Waals surface area (Å²) < 4.78 is 0. The van der Waals surface area contributed by atoms with E-state index >= 15 is 0 Å². The fourth-order valence-electron chi connectivity index (χ4n) is 2.42. The van der Waals surface area contributed by atoms with Crippen LogP contribution in [0.4, 0.5) is 0 Å². The zero-order valence-electron chi connectivity index (χ0n) is 12.4. The van der Waals surface area contributed by atoms with Crippen LogP contribution in [-0.4, -0.2) is 60.5 Å². The highest BCUT2D eigenvalue weighted by atomic mass is 16.2. The zero-order valence-corrected chi connectivity index (χ0v) is 12.4. The minimum atomic E-state index is -0.00571. The molecule has 1 aromatic heterocycles. The molecular formula is C15H24N4O. The standard InChI is InChI=1S/C15H24N4O/c1-18(2)9-10-19(12-13-5-3-7-16-11-13)15(20)14-6-4-8-17-14/h3,5,7,11,14,17H,4,6,8-10,12H2,1-2H3. The van der Waals surface area contributed by atoms with Crippen LogP contribution in [0.3, 0.4) is 0 Å². The SMILES string of the molecule is CN(C)CCN(Cc1cccnc1)C(=O)C1CCCN1. The van der Waals surface area contributed by atoms with Gasteiger partial charge in [-0.05, 0) is 45.1 Å². The summed E-state index contributed by atoms with van der Waals surface area (Å²) in [6.07, 6.45) is 5.63. The Morgan fingerprint density at radius 1 is 1.45 bits per heavy atom. The molecule has 0 aliphatic carbocycles. The van der Waals surface area contributed by atoms with Crippen molar-refractivity contribution in [1.82, 2.24) is 20.1 Å². The van der Waals surface area contributed by atoms with Crippen LogP contribution in [0.25, 0.3) is 0 Å². The molecule has 2 rings (SSSR count). The Morgan fingerprint density at radius 2 is 2.30 bits per heavy atom. The van der Waals surface area contributed by atoms with Gasteiger partial charge in [0.05, 0.1) is 6.04 Å². The molecular weight excluding hydrogens is 252 g/mol. The van der Waals surface area contributed by atoms with Gasteiger partial charge in [-0.2, -0.15) is 0 Å². The van der Waals surface area contributed by atoms with E-state index in [1.54, 1.807) is 6.20 Å². The molecule has 1 saturated heterocycles. The Morgan fingerprint density at radius 3 is 2.90 bits per heavy atom. The third-order valence-corrected chi connectivity index (χ3v) is 3.58. The Balaban J connectivity index is 2.01. The van der Waals surface area contributed by atoms with E-state index in [4.69, 9.17) is 0 Å². The summed E-state index contributed by atoms with van der Waals surface area (Å²) in [5.41, 5.74) is 1.08. The predicted octanol–water partition coefficient (Wildman–Crippen LogP) is 0.724. The first-order valence-electron chi connectivity index (χ1n) is 7.22. The van der Waals surface area contributed by atoms with E-state index in [9.17, 15) is 4.79 Å². The van der Waals surface area contributed by atoms with Crippen LogP contribution in [-0.2, 0) is 11.3 Å². The van der Waals surface area contributed by atoms with E-state index in [-0.39, 0.29) is 11.9 Å². The number of hydrogen-bond donors (Lipinski definition) is 1. The van der Waals surface area contributed by atoms with Gasteiger partial charge in [0.1, 0.15) is 0 Å². The first-order chi connectivity index (χ1) is 9.66. The Hall–Kier alpha value is -1.46. The lowest BCUT2D eigenvalue weighted by Gasteiger charge is -2.27. The summed E-state index contributed by atoms with van der Waals surface area (Å²) in [6, 6.07) is 3.93. The number of likely N-dealkylation sites (N-methyl/N-ethyl adjacent to an activating group) is 1. The van der Waals surface area contributed by atoms with Crippen LogP contribution in [0.15, 0.2) is 24.5 Å². The van der Waals surface area contributed by atoms with Crippen molar-refractivity contribution in [2.24, 2.45) is 0 Å². The average Bonchev–Trinajstić information content (AvgIpc) is 2.97. The number of nitrogens with zero attached hydrogens (tertiary/aromatic N) is 3. The van der Waals surface area contributed by atoms with E-state index < -0.39 is 0 Å². The summed E-state index contributed by atoms with van der Waals surface area (Å²) in [5.74, 6) is 0.216. The first kappa shape index (κ1) is 14.9. The molecule has 0 aromatic carbocycles. The van der Waals surface area contributed by atoms with Crippen molar-refractivity contribution in [1.29, 1.82) is 0 Å². The number of carbonyl (C=O) groups excluding carboxylic acids is 1. The number of pyridine rings is 1. The molecule has 5 nitrogen and oxygen atoms in total. The number of amides is 1. The lowest BCUT2D eigenvalue weighted by molar-refractivity contribution is -0.133. The molecule has 0 saturated carbocycles. The quantitative estimate of drug-likeness (QED) is 0.832. The second kappa shape index (κ2) is 7.36. The second-order valence-corrected chi connectivity index (χ2v) is 5.57.